The molecule has 4 nitrogen and oxygen atoms in total. The van der Waals surface area contributed by atoms with E-state index in [4.69, 9.17) is 0 Å². The van der Waals surface area contributed by atoms with Crippen LogP contribution in [0.3, 0.4) is 0 Å². The van der Waals surface area contributed by atoms with Crippen LogP contribution >= 0.6 is 27.3 Å². The van der Waals surface area contributed by atoms with Gasteiger partial charge in [-0.15, -0.1) is 11.3 Å². The second-order valence-electron chi connectivity index (χ2n) is 4.28. The molecule has 1 aromatic carbocycles. The van der Waals surface area contributed by atoms with Crippen LogP contribution in [0.1, 0.15) is 26.8 Å². The van der Waals surface area contributed by atoms with E-state index < -0.39 is 17.9 Å². The molecule has 0 aliphatic carbocycles. The Hall–Kier alpha value is -1.66. The first-order valence-electron chi connectivity index (χ1n) is 5.81. The molecule has 0 radical (unpaired) electrons. The van der Waals surface area contributed by atoms with Gasteiger partial charge in [-0.25, -0.2) is 4.79 Å². The Labute approximate surface area is 128 Å². The largest absolute Gasteiger partial charge is 0.479 e. The summed E-state index contributed by atoms with van der Waals surface area (Å²) < 4.78 is 0.783. The fraction of sp³-hybridized carbons (Fsp3) is 0.143. The van der Waals surface area contributed by atoms with Gasteiger partial charge in [0.25, 0.3) is 5.91 Å². The summed E-state index contributed by atoms with van der Waals surface area (Å²) in [5.41, 5.74) is 1.35. The number of carbonyl (C=O) groups is 2. The molecule has 0 aliphatic rings. The Bertz CT molecular complexity index is 620. The molecule has 0 saturated heterocycles. The topological polar surface area (TPSA) is 66.4 Å². The van der Waals surface area contributed by atoms with E-state index in [9.17, 15) is 14.7 Å². The van der Waals surface area contributed by atoms with Crippen LogP contribution in [0.2, 0.25) is 0 Å². The van der Waals surface area contributed by atoms with Gasteiger partial charge >= 0.3 is 5.97 Å². The number of hydrogen-bond donors (Lipinski definition) is 2. The molecule has 0 spiro atoms. The number of aryl methyl sites for hydroxylation is 1. The van der Waals surface area contributed by atoms with Gasteiger partial charge in [-0.05, 0) is 42.1 Å². The minimum atomic E-state index is -1.08. The van der Waals surface area contributed by atoms with Crippen LogP contribution in [0, 0.1) is 6.92 Å². The number of nitrogens with one attached hydrogen (secondary N) is 1. The van der Waals surface area contributed by atoms with Crippen molar-refractivity contribution in [3.63, 3.8) is 0 Å². The van der Waals surface area contributed by atoms with Crippen molar-refractivity contribution >= 4 is 39.1 Å². The summed E-state index contributed by atoms with van der Waals surface area (Å²) in [7, 11) is 0. The third-order valence-corrected chi connectivity index (χ3v) is 4.05. The first-order chi connectivity index (χ1) is 9.47. The quantitative estimate of drug-likeness (QED) is 0.885. The zero-order chi connectivity index (χ0) is 14.7. The highest BCUT2D eigenvalue weighted by Gasteiger charge is 2.23. The van der Waals surface area contributed by atoms with Crippen molar-refractivity contribution in [2.75, 3.05) is 0 Å². The van der Waals surface area contributed by atoms with Gasteiger partial charge in [-0.1, -0.05) is 22.0 Å². The SMILES string of the molecule is Cc1cc(Br)cc(C(=O)NC(C(=O)O)c2cccs2)c1. The molecule has 1 unspecified atom stereocenters. The van der Waals surface area contributed by atoms with Crippen LogP contribution in [0.15, 0.2) is 40.2 Å². The minimum Gasteiger partial charge on any atom is -0.479 e. The zero-order valence-electron chi connectivity index (χ0n) is 10.6. The predicted octanol–water partition coefficient (Wildman–Crippen LogP) is 3.37. The van der Waals surface area contributed by atoms with E-state index in [1.165, 1.54) is 11.3 Å². The van der Waals surface area contributed by atoms with Crippen LogP contribution in [-0.4, -0.2) is 17.0 Å². The van der Waals surface area contributed by atoms with Crippen molar-refractivity contribution in [1.29, 1.82) is 0 Å². The van der Waals surface area contributed by atoms with Crippen molar-refractivity contribution in [1.82, 2.24) is 5.32 Å². The lowest BCUT2D eigenvalue weighted by Crippen LogP contribution is -2.33. The molecule has 2 aromatic rings. The average molecular weight is 354 g/mol. The summed E-state index contributed by atoms with van der Waals surface area (Å²) >= 11 is 4.62. The number of carboxylic acids is 1. The molecular formula is C14H12BrNO3S. The van der Waals surface area contributed by atoms with Gasteiger partial charge in [0.05, 0.1) is 0 Å². The van der Waals surface area contributed by atoms with Crippen molar-refractivity contribution in [2.45, 2.75) is 13.0 Å². The maximum Gasteiger partial charge on any atom is 0.331 e. The molecule has 1 aromatic heterocycles. The molecule has 0 bridgehead atoms. The average Bonchev–Trinajstić information content (AvgIpc) is 2.87. The standard InChI is InChI=1S/C14H12BrNO3S/c1-8-5-9(7-10(15)6-8)13(17)16-12(14(18)19)11-3-2-4-20-11/h2-7,12H,1H3,(H,16,17)(H,18,19). The lowest BCUT2D eigenvalue weighted by atomic mass is 10.1. The highest BCUT2D eigenvalue weighted by atomic mass is 79.9. The molecule has 6 heteroatoms. The van der Waals surface area contributed by atoms with Crippen LogP contribution in [-0.2, 0) is 4.79 Å². The van der Waals surface area contributed by atoms with Gasteiger partial charge in [0.15, 0.2) is 6.04 Å². The van der Waals surface area contributed by atoms with E-state index in [0.29, 0.717) is 10.4 Å². The van der Waals surface area contributed by atoms with Crippen LogP contribution < -0.4 is 5.32 Å². The second-order valence-corrected chi connectivity index (χ2v) is 6.17. The van der Waals surface area contributed by atoms with Crippen LogP contribution in [0.25, 0.3) is 0 Å². The van der Waals surface area contributed by atoms with Gasteiger partial charge in [0, 0.05) is 14.9 Å². The van der Waals surface area contributed by atoms with E-state index in [1.807, 2.05) is 13.0 Å². The van der Waals surface area contributed by atoms with E-state index >= 15 is 0 Å². The van der Waals surface area contributed by atoms with Gasteiger partial charge in [-0.3, -0.25) is 4.79 Å². The minimum absolute atomic E-state index is 0.407. The molecule has 20 heavy (non-hydrogen) atoms. The number of benzene rings is 1. The smallest absolute Gasteiger partial charge is 0.331 e. The van der Waals surface area contributed by atoms with Gasteiger partial charge in [0.2, 0.25) is 0 Å². The van der Waals surface area contributed by atoms with Crippen molar-refractivity contribution in [3.8, 4) is 0 Å². The Morgan fingerprint density at radius 3 is 2.65 bits per heavy atom. The normalized spacial score (nSPS) is 11.9. The molecule has 1 amide bonds. The molecular weight excluding hydrogens is 342 g/mol. The van der Waals surface area contributed by atoms with Crippen molar-refractivity contribution < 1.29 is 14.7 Å². The number of carbonyl (C=O) groups excluding carboxylic acids is 1. The van der Waals surface area contributed by atoms with Crippen molar-refractivity contribution in [2.24, 2.45) is 0 Å². The second kappa shape index (κ2) is 6.19. The van der Waals surface area contributed by atoms with Crippen LogP contribution in [0.4, 0.5) is 0 Å². The highest BCUT2D eigenvalue weighted by Crippen LogP contribution is 2.21. The lowest BCUT2D eigenvalue weighted by Gasteiger charge is -2.13. The lowest BCUT2D eigenvalue weighted by molar-refractivity contribution is -0.139. The number of rotatable bonds is 4. The summed E-state index contributed by atoms with van der Waals surface area (Å²) in [6.07, 6.45) is 0. The highest BCUT2D eigenvalue weighted by molar-refractivity contribution is 9.10. The number of carboxylic acid groups (broad SMARTS) is 1. The van der Waals surface area contributed by atoms with E-state index in [0.717, 1.165) is 10.0 Å². The third kappa shape index (κ3) is 3.46. The Morgan fingerprint density at radius 1 is 1.35 bits per heavy atom. The third-order valence-electron chi connectivity index (χ3n) is 2.65. The Morgan fingerprint density at radius 2 is 2.10 bits per heavy atom. The fourth-order valence-corrected chi connectivity index (χ4v) is 3.17. The summed E-state index contributed by atoms with van der Waals surface area (Å²) in [4.78, 5) is 24.0. The monoisotopic (exact) mass is 353 g/mol. The first-order valence-corrected chi connectivity index (χ1v) is 7.49. The fourth-order valence-electron chi connectivity index (χ4n) is 1.79. The number of aliphatic carboxylic acids is 1. The Balaban J connectivity index is 2.23. The number of hydrogen-bond acceptors (Lipinski definition) is 3. The molecule has 2 rings (SSSR count). The predicted molar refractivity (Wildman–Crippen MR) is 81.0 cm³/mol. The van der Waals surface area contributed by atoms with Crippen molar-refractivity contribution in [3.05, 3.63) is 56.2 Å². The maximum atomic E-state index is 12.2. The molecule has 0 fully saturated rings. The van der Waals surface area contributed by atoms with Gasteiger partial charge < -0.3 is 10.4 Å². The molecule has 0 aliphatic heterocycles. The Kier molecular flexibility index (Phi) is 4.57. The summed E-state index contributed by atoms with van der Waals surface area (Å²) in [5.74, 6) is -1.48. The maximum absolute atomic E-state index is 12.2. The number of amides is 1. The zero-order valence-corrected chi connectivity index (χ0v) is 13.0. The molecule has 104 valence electrons. The molecule has 1 heterocycles. The molecule has 0 saturated carbocycles. The summed E-state index contributed by atoms with van der Waals surface area (Å²) in [6.45, 7) is 1.87. The number of thiophene rings is 1. The summed E-state index contributed by atoms with van der Waals surface area (Å²) in [6, 6.07) is 7.68. The van der Waals surface area contributed by atoms with E-state index in [1.54, 1.807) is 29.6 Å². The van der Waals surface area contributed by atoms with E-state index in [2.05, 4.69) is 21.2 Å². The van der Waals surface area contributed by atoms with Crippen LogP contribution in [0.5, 0.6) is 0 Å². The summed E-state index contributed by atoms with van der Waals surface area (Å²) in [5, 5.41) is 13.6. The molecule has 2 N–H and O–H groups in total. The number of halogens is 1. The first kappa shape index (κ1) is 14.7. The van der Waals surface area contributed by atoms with Gasteiger partial charge in [-0.2, -0.15) is 0 Å². The molecule has 1 atom stereocenters. The van der Waals surface area contributed by atoms with E-state index in [-0.39, 0.29) is 0 Å². The van der Waals surface area contributed by atoms with Gasteiger partial charge in [0.1, 0.15) is 0 Å².